The van der Waals surface area contributed by atoms with E-state index in [0.717, 1.165) is 0 Å². The summed E-state index contributed by atoms with van der Waals surface area (Å²) in [5, 5.41) is -0.473. The number of carbonyl (C=O) groups is 1. The first-order chi connectivity index (χ1) is 9.20. The van der Waals surface area contributed by atoms with Gasteiger partial charge >= 0.3 is 0 Å². The van der Waals surface area contributed by atoms with E-state index in [2.05, 4.69) is 4.98 Å². The molecule has 1 fully saturated rings. The zero-order chi connectivity index (χ0) is 15.1. The van der Waals surface area contributed by atoms with E-state index in [0.29, 0.717) is 24.6 Å². The van der Waals surface area contributed by atoms with Gasteiger partial charge in [0, 0.05) is 25.3 Å². The van der Waals surface area contributed by atoms with Crippen LogP contribution in [0.15, 0.2) is 4.42 Å². The lowest BCUT2D eigenvalue weighted by Gasteiger charge is -2.14. The maximum atomic E-state index is 12.4. The molecule has 20 heavy (non-hydrogen) atoms. The number of aryl methyl sites for hydroxylation is 1. The molecule has 0 bridgehead atoms. The van der Waals surface area contributed by atoms with Crippen LogP contribution in [0, 0.1) is 6.92 Å². The minimum Gasteiger partial charge on any atom is -0.435 e. The Morgan fingerprint density at radius 2 is 2.10 bits per heavy atom. The van der Waals surface area contributed by atoms with Crippen molar-refractivity contribution in [3.8, 4) is 0 Å². The average Bonchev–Trinajstić information content (AvgIpc) is 2.93. The maximum Gasteiger partial charge on any atom is 0.291 e. The normalized spacial score (nSPS) is 19.9. The van der Waals surface area contributed by atoms with Gasteiger partial charge in [-0.1, -0.05) is 13.8 Å². The molecule has 1 saturated heterocycles. The van der Waals surface area contributed by atoms with E-state index in [4.69, 9.17) is 4.42 Å². The molecule has 112 valence electrons. The molecule has 1 aromatic heterocycles. The van der Waals surface area contributed by atoms with Crippen molar-refractivity contribution in [3.05, 3.63) is 17.3 Å². The number of nitrogens with zero attached hydrogens (tertiary/aromatic N) is 2. The molecule has 1 unspecified atom stereocenters. The number of aromatic nitrogens is 1. The highest BCUT2D eigenvalue weighted by molar-refractivity contribution is 7.91. The smallest absolute Gasteiger partial charge is 0.291 e. The molecule has 6 nitrogen and oxygen atoms in total. The number of likely N-dealkylation sites (tertiary alicyclic amines) is 1. The van der Waals surface area contributed by atoms with Crippen LogP contribution in [0.3, 0.4) is 0 Å². The van der Waals surface area contributed by atoms with Crippen LogP contribution in [-0.4, -0.2) is 48.8 Å². The Morgan fingerprint density at radius 3 is 2.55 bits per heavy atom. The predicted octanol–water partition coefficient (Wildman–Crippen LogP) is 1.37. The summed E-state index contributed by atoms with van der Waals surface area (Å²) in [6.45, 7) is 6.28. The summed E-state index contributed by atoms with van der Waals surface area (Å²) < 4.78 is 28.6. The largest absolute Gasteiger partial charge is 0.435 e. The Bertz CT molecular complexity index is 618. The van der Waals surface area contributed by atoms with Crippen molar-refractivity contribution in [1.29, 1.82) is 0 Å². The van der Waals surface area contributed by atoms with E-state index in [1.54, 1.807) is 6.92 Å². The van der Waals surface area contributed by atoms with Gasteiger partial charge in [0.15, 0.2) is 15.7 Å². The first kappa shape index (κ1) is 15.0. The van der Waals surface area contributed by atoms with E-state index in [1.807, 2.05) is 13.8 Å². The Morgan fingerprint density at radius 1 is 1.45 bits per heavy atom. The highest BCUT2D eigenvalue weighted by Gasteiger charge is 2.35. The van der Waals surface area contributed by atoms with Crippen LogP contribution in [0.25, 0.3) is 0 Å². The lowest BCUT2D eigenvalue weighted by Crippen LogP contribution is -2.31. The predicted molar refractivity (Wildman–Crippen MR) is 74.5 cm³/mol. The number of amides is 1. The summed E-state index contributed by atoms with van der Waals surface area (Å²) in [5.74, 6) is 0.596. The molecule has 0 aliphatic carbocycles. The van der Waals surface area contributed by atoms with Crippen LogP contribution in [0.4, 0.5) is 0 Å². The highest BCUT2D eigenvalue weighted by atomic mass is 32.2. The van der Waals surface area contributed by atoms with Gasteiger partial charge in [0.1, 0.15) is 0 Å². The van der Waals surface area contributed by atoms with Crippen LogP contribution in [-0.2, 0) is 9.84 Å². The van der Waals surface area contributed by atoms with Gasteiger partial charge < -0.3 is 9.32 Å². The second-order valence-electron chi connectivity index (χ2n) is 5.61. The van der Waals surface area contributed by atoms with Crippen molar-refractivity contribution in [3.63, 3.8) is 0 Å². The fourth-order valence-electron chi connectivity index (χ4n) is 2.27. The van der Waals surface area contributed by atoms with Gasteiger partial charge in [0.2, 0.25) is 5.76 Å². The third-order valence-corrected chi connectivity index (χ3v) is 5.13. The van der Waals surface area contributed by atoms with E-state index in [-0.39, 0.29) is 24.1 Å². The van der Waals surface area contributed by atoms with Gasteiger partial charge in [0.25, 0.3) is 5.91 Å². The van der Waals surface area contributed by atoms with E-state index < -0.39 is 15.1 Å². The standard InChI is InChI=1S/C13H20N2O4S/c1-8(2)12-14-9(3)11(19-12)13(16)15-6-5-10(7-15)20(4,17)18/h8,10H,5-7H2,1-4H3. The Hall–Kier alpha value is -1.37. The third kappa shape index (κ3) is 2.87. The van der Waals surface area contributed by atoms with Gasteiger partial charge in [-0.2, -0.15) is 0 Å². The fourth-order valence-corrected chi connectivity index (χ4v) is 3.25. The molecule has 1 aliphatic heterocycles. The van der Waals surface area contributed by atoms with Crippen molar-refractivity contribution < 1.29 is 17.6 Å². The quantitative estimate of drug-likeness (QED) is 0.842. The van der Waals surface area contributed by atoms with Crippen LogP contribution >= 0.6 is 0 Å². The number of hydrogen-bond acceptors (Lipinski definition) is 5. The first-order valence-corrected chi connectivity index (χ1v) is 8.61. The van der Waals surface area contributed by atoms with Crippen LogP contribution in [0.1, 0.15) is 48.3 Å². The highest BCUT2D eigenvalue weighted by Crippen LogP contribution is 2.23. The number of carbonyl (C=O) groups excluding carboxylic acids is 1. The molecule has 2 rings (SSSR count). The first-order valence-electron chi connectivity index (χ1n) is 6.65. The Kier molecular flexibility index (Phi) is 3.90. The topological polar surface area (TPSA) is 80.5 Å². The van der Waals surface area contributed by atoms with Crippen molar-refractivity contribution in [2.24, 2.45) is 0 Å². The summed E-state index contributed by atoms with van der Waals surface area (Å²) in [5.41, 5.74) is 0.557. The fraction of sp³-hybridized carbons (Fsp3) is 0.692. The lowest BCUT2D eigenvalue weighted by atomic mass is 10.2. The zero-order valence-electron chi connectivity index (χ0n) is 12.2. The molecule has 0 aromatic carbocycles. The van der Waals surface area contributed by atoms with Crippen LogP contribution in [0.2, 0.25) is 0 Å². The maximum absolute atomic E-state index is 12.4. The molecule has 2 heterocycles. The molecule has 1 atom stereocenters. The summed E-state index contributed by atoms with van der Waals surface area (Å²) in [6, 6.07) is 0. The monoisotopic (exact) mass is 300 g/mol. The molecule has 0 N–H and O–H groups in total. The van der Waals surface area contributed by atoms with E-state index >= 15 is 0 Å². The molecular formula is C13H20N2O4S. The minimum absolute atomic E-state index is 0.109. The zero-order valence-corrected chi connectivity index (χ0v) is 13.0. The molecule has 1 aromatic rings. The lowest BCUT2D eigenvalue weighted by molar-refractivity contribution is 0.0758. The van der Waals surface area contributed by atoms with Crippen molar-refractivity contribution in [2.75, 3.05) is 19.3 Å². The van der Waals surface area contributed by atoms with Gasteiger partial charge in [0.05, 0.1) is 10.9 Å². The van der Waals surface area contributed by atoms with Gasteiger partial charge in [-0.05, 0) is 13.3 Å². The number of hydrogen-bond donors (Lipinski definition) is 0. The van der Waals surface area contributed by atoms with Crippen LogP contribution < -0.4 is 0 Å². The summed E-state index contributed by atoms with van der Waals surface area (Å²) in [7, 11) is -3.11. The van der Waals surface area contributed by atoms with Crippen molar-refractivity contribution in [2.45, 2.75) is 38.4 Å². The molecule has 0 saturated carbocycles. The number of rotatable bonds is 3. The Labute approximate surface area is 119 Å². The molecule has 1 amide bonds. The second-order valence-corrected chi connectivity index (χ2v) is 7.94. The summed E-state index contributed by atoms with van der Waals surface area (Å²) in [4.78, 5) is 18.1. The third-order valence-electron chi connectivity index (χ3n) is 3.54. The minimum atomic E-state index is -3.11. The molecular weight excluding hydrogens is 280 g/mol. The van der Waals surface area contributed by atoms with Crippen molar-refractivity contribution in [1.82, 2.24) is 9.88 Å². The second kappa shape index (κ2) is 5.20. The SMILES string of the molecule is Cc1nc(C(C)C)oc1C(=O)N1CCC(S(C)(=O)=O)C1. The molecule has 1 aliphatic rings. The average molecular weight is 300 g/mol. The molecule has 7 heteroatoms. The van der Waals surface area contributed by atoms with Crippen LogP contribution in [0.5, 0.6) is 0 Å². The van der Waals surface area contributed by atoms with Gasteiger partial charge in [-0.15, -0.1) is 0 Å². The van der Waals surface area contributed by atoms with E-state index in [9.17, 15) is 13.2 Å². The molecule has 0 spiro atoms. The molecule has 0 radical (unpaired) electrons. The Balaban J connectivity index is 2.17. The van der Waals surface area contributed by atoms with E-state index in [1.165, 1.54) is 11.2 Å². The summed E-state index contributed by atoms with van der Waals surface area (Å²) >= 11 is 0. The van der Waals surface area contributed by atoms with Crippen molar-refractivity contribution >= 4 is 15.7 Å². The number of sulfone groups is 1. The van der Waals surface area contributed by atoms with Gasteiger partial charge in [-0.25, -0.2) is 13.4 Å². The van der Waals surface area contributed by atoms with Gasteiger partial charge in [-0.3, -0.25) is 4.79 Å². The summed E-state index contributed by atoms with van der Waals surface area (Å²) in [6.07, 6.45) is 1.69. The number of oxazole rings is 1.